The van der Waals surface area contributed by atoms with E-state index in [2.05, 4.69) is 21.9 Å². The molecule has 1 heterocycles. The van der Waals surface area contributed by atoms with Gasteiger partial charge in [0.25, 0.3) is 0 Å². The van der Waals surface area contributed by atoms with Crippen molar-refractivity contribution in [3.63, 3.8) is 0 Å². The highest BCUT2D eigenvalue weighted by atomic mass is 16.5. The topological polar surface area (TPSA) is 84.7 Å². The Hall–Kier alpha value is -2.83. The molecule has 0 aliphatic rings. The second kappa shape index (κ2) is 10.2. The monoisotopic (exact) mass is 359 g/mol. The van der Waals surface area contributed by atoms with Crippen molar-refractivity contribution >= 4 is 17.6 Å². The maximum atomic E-state index is 12.7. The van der Waals surface area contributed by atoms with Crippen LogP contribution in [0.3, 0.4) is 0 Å². The summed E-state index contributed by atoms with van der Waals surface area (Å²) in [4.78, 5) is 26.5. The van der Waals surface area contributed by atoms with Crippen LogP contribution in [-0.2, 0) is 16.0 Å². The molecule has 0 atom stereocenters. The number of unbranched alkanes of at least 4 members (excludes halogenated alkanes) is 2. The van der Waals surface area contributed by atoms with Gasteiger partial charge < -0.3 is 19.5 Å². The maximum Gasteiger partial charge on any atom is 0.245 e. The molecule has 0 spiro atoms. The quantitative estimate of drug-likeness (QED) is 0.659. The van der Waals surface area contributed by atoms with Crippen molar-refractivity contribution in [2.24, 2.45) is 0 Å². The normalized spacial score (nSPS) is 10.4. The number of nitrogens with one attached hydrogen (secondary N) is 1. The molecule has 0 fully saturated rings. The first kappa shape index (κ1) is 19.5. The molecule has 1 aromatic carbocycles. The molecule has 0 aliphatic carbocycles. The van der Waals surface area contributed by atoms with E-state index in [0.717, 1.165) is 30.6 Å². The number of hydrogen-bond acceptors (Lipinski definition) is 5. The number of anilines is 1. The van der Waals surface area contributed by atoms with E-state index in [1.165, 1.54) is 6.26 Å². The molecular formula is C19H25N3O4. The Balaban J connectivity index is 1.96. The van der Waals surface area contributed by atoms with Gasteiger partial charge in [-0.15, -0.1) is 0 Å². The van der Waals surface area contributed by atoms with Gasteiger partial charge in [0.1, 0.15) is 12.0 Å². The van der Waals surface area contributed by atoms with E-state index in [-0.39, 0.29) is 24.8 Å². The van der Waals surface area contributed by atoms with Crippen LogP contribution in [0.4, 0.5) is 5.82 Å². The lowest BCUT2D eigenvalue weighted by molar-refractivity contribution is -0.134. The minimum Gasteiger partial charge on any atom is -0.497 e. The van der Waals surface area contributed by atoms with E-state index in [1.54, 1.807) is 18.1 Å². The number of hydrogen-bond donors (Lipinski definition) is 1. The molecule has 2 amide bonds. The molecule has 0 unspecified atom stereocenters. The number of carbonyl (C=O) groups is 2. The average Bonchev–Trinajstić information content (AvgIpc) is 3.14. The fourth-order valence-corrected chi connectivity index (χ4v) is 2.51. The average molecular weight is 359 g/mol. The smallest absolute Gasteiger partial charge is 0.245 e. The number of nitrogens with zero attached hydrogens (tertiary/aromatic N) is 2. The van der Waals surface area contributed by atoms with E-state index in [9.17, 15) is 9.59 Å². The highest BCUT2D eigenvalue weighted by Gasteiger charge is 2.18. The van der Waals surface area contributed by atoms with Crippen LogP contribution in [-0.4, -0.2) is 42.1 Å². The molecule has 26 heavy (non-hydrogen) atoms. The van der Waals surface area contributed by atoms with Gasteiger partial charge in [0.15, 0.2) is 5.82 Å². The molecule has 2 aromatic rings. The molecule has 140 valence electrons. The zero-order valence-corrected chi connectivity index (χ0v) is 15.2. The van der Waals surface area contributed by atoms with Crippen molar-refractivity contribution in [2.45, 2.75) is 32.6 Å². The third-order valence-electron chi connectivity index (χ3n) is 3.94. The van der Waals surface area contributed by atoms with Gasteiger partial charge in [-0.3, -0.25) is 9.59 Å². The fourth-order valence-electron chi connectivity index (χ4n) is 2.51. The molecule has 7 nitrogen and oxygen atoms in total. The summed E-state index contributed by atoms with van der Waals surface area (Å²) in [5.74, 6) is 0.708. The van der Waals surface area contributed by atoms with E-state index in [4.69, 9.17) is 4.74 Å². The first-order chi connectivity index (χ1) is 12.6. The number of amides is 2. The highest BCUT2D eigenvalue weighted by molar-refractivity contribution is 5.94. The van der Waals surface area contributed by atoms with Crippen LogP contribution in [0.2, 0.25) is 0 Å². The number of rotatable bonds is 10. The lowest BCUT2D eigenvalue weighted by atomic mass is 10.1. The second-order valence-corrected chi connectivity index (χ2v) is 5.98. The van der Waals surface area contributed by atoms with E-state index < -0.39 is 0 Å². The van der Waals surface area contributed by atoms with Crippen molar-refractivity contribution in [3.8, 4) is 5.75 Å². The SMILES string of the molecule is CCCCCN(CC(=O)Nc1ccon1)C(=O)Cc1ccc(OC)cc1. The van der Waals surface area contributed by atoms with Gasteiger partial charge in [-0.05, 0) is 24.1 Å². The van der Waals surface area contributed by atoms with Crippen LogP contribution in [0.25, 0.3) is 0 Å². The van der Waals surface area contributed by atoms with Crippen molar-refractivity contribution < 1.29 is 18.8 Å². The molecule has 0 saturated heterocycles. The van der Waals surface area contributed by atoms with Crippen molar-refractivity contribution in [1.82, 2.24) is 10.1 Å². The third-order valence-corrected chi connectivity index (χ3v) is 3.94. The summed E-state index contributed by atoms with van der Waals surface area (Å²) >= 11 is 0. The molecule has 2 rings (SSSR count). The Morgan fingerprint density at radius 1 is 1.19 bits per heavy atom. The first-order valence-corrected chi connectivity index (χ1v) is 8.73. The molecule has 7 heteroatoms. The van der Waals surface area contributed by atoms with Gasteiger partial charge in [-0.1, -0.05) is 37.1 Å². The second-order valence-electron chi connectivity index (χ2n) is 5.98. The van der Waals surface area contributed by atoms with Crippen molar-refractivity contribution in [2.75, 3.05) is 25.5 Å². The zero-order valence-electron chi connectivity index (χ0n) is 15.2. The van der Waals surface area contributed by atoms with E-state index in [1.807, 2.05) is 24.3 Å². The first-order valence-electron chi connectivity index (χ1n) is 8.73. The molecular weight excluding hydrogens is 334 g/mol. The number of aromatic nitrogens is 1. The molecule has 0 radical (unpaired) electrons. The number of ether oxygens (including phenoxy) is 1. The minimum atomic E-state index is -0.293. The van der Waals surface area contributed by atoms with Gasteiger partial charge in [-0.25, -0.2) is 0 Å². The molecule has 0 aliphatic heterocycles. The molecule has 0 bridgehead atoms. The summed E-state index contributed by atoms with van der Waals surface area (Å²) in [7, 11) is 1.60. The summed E-state index contributed by atoms with van der Waals surface area (Å²) in [6, 6.07) is 8.91. The highest BCUT2D eigenvalue weighted by Crippen LogP contribution is 2.13. The Morgan fingerprint density at radius 2 is 1.96 bits per heavy atom. The van der Waals surface area contributed by atoms with Crippen LogP contribution in [0.15, 0.2) is 41.1 Å². The summed E-state index contributed by atoms with van der Waals surface area (Å²) in [6.45, 7) is 2.64. The summed E-state index contributed by atoms with van der Waals surface area (Å²) in [5, 5.41) is 6.27. The number of carbonyl (C=O) groups excluding carboxylic acids is 2. The fraction of sp³-hybridized carbons (Fsp3) is 0.421. The lowest BCUT2D eigenvalue weighted by Crippen LogP contribution is -2.39. The predicted octanol–water partition coefficient (Wildman–Crippen LogP) is 2.88. The van der Waals surface area contributed by atoms with E-state index >= 15 is 0 Å². The summed E-state index contributed by atoms with van der Waals surface area (Å²) in [5.41, 5.74) is 0.883. The van der Waals surface area contributed by atoms with Gasteiger partial charge in [0, 0.05) is 12.6 Å². The molecule has 1 N–H and O–H groups in total. The zero-order chi connectivity index (χ0) is 18.8. The van der Waals surface area contributed by atoms with Crippen LogP contribution >= 0.6 is 0 Å². The standard InChI is InChI=1S/C19H25N3O4/c1-3-4-5-11-22(14-18(23)20-17-10-12-26-21-17)19(24)13-15-6-8-16(25-2)9-7-15/h6-10,12H,3-5,11,13-14H2,1-2H3,(H,20,21,23). The largest absolute Gasteiger partial charge is 0.497 e. The predicted molar refractivity (Wildman–Crippen MR) is 97.9 cm³/mol. The molecule has 1 aromatic heterocycles. The van der Waals surface area contributed by atoms with Crippen molar-refractivity contribution in [3.05, 3.63) is 42.2 Å². The van der Waals surface area contributed by atoms with Gasteiger partial charge >= 0.3 is 0 Å². The van der Waals surface area contributed by atoms with E-state index in [0.29, 0.717) is 12.4 Å². The number of methoxy groups -OCH3 is 1. The van der Waals surface area contributed by atoms with Crippen LogP contribution in [0.5, 0.6) is 5.75 Å². The Bertz CT molecular complexity index is 683. The van der Waals surface area contributed by atoms with Gasteiger partial charge in [-0.2, -0.15) is 0 Å². The molecule has 0 saturated carbocycles. The number of benzene rings is 1. The van der Waals surface area contributed by atoms with Gasteiger partial charge in [0.2, 0.25) is 11.8 Å². The van der Waals surface area contributed by atoms with Gasteiger partial charge in [0.05, 0.1) is 20.1 Å². The Kier molecular flexibility index (Phi) is 7.67. The maximum absolute atomic E-state index is 12.7. The van der Waals surface area contributed by atoms with Crippen LogP contribution in [0.1, 0.15) is 31.7 Å². The third kappa shape index (κ3) is 6.23. The Morgan fingerprint density at radius 3 is 2.58 bits per heavy atom. The Labute approximate surface area is 153 Å². The summed E-state index contributed by atoms with van der Waals surface area (Å²) < 4.78 is 9.82. The minimum absolute atomic E-state index is 0.00837. The van der Waals surface area contributed by atoms with Crippen LogP contribution in [0, 0.1) is 0 Å². The van der Waals surface area contributed by atoms with Crippen LogP contribution < -0.4 is 10.1 Å². The lowest BCUT2D eigenvalue weighted by Gasteiger charge is -2.22. The summed E-state index contributed by atoms with van der Waals surface area (Å²) in [6.07, 6.45) is 4.54. The van der Waals surface area contributed by atoms with Crippen molar-refractivity contribution in [1.29, 1.82) is 0 Å².